The number of hydrogen-bond acceptors (Lipinski definition) is 7. The predicted octanol–water partition coefficient (Wildman–Crippen LogP) is 1.65. The zero-order chi connectivity index (χ0) is 11.1. The van der Waals surface area contributed by atoms with Crippen molar-refractivity contribution in [1.82, 2.24) is 9.97 Å². The SMILES string of the molecule is CCCC(O)(O)S/N=N/c1ncccn1. The second kappa shape index (κ2) is 5.74. The maximum absolute atomic E-state index is 9.32. The fourth-order valence-corrected chi connectivity index (χ4v) is 1.38. The topological polar surface area (TPSA) is 91.0 Å². The molecule has 0 bridgehead atoms. The third kappa shape index (κ3) is 4.82. The molecule has 1 rings (SSSR count). The van der Waals surface area contributed by atoms with Gasteiger partial charge in [0.15, 0.2) is 0 Å². The predicted molar refractivity (Wildman–Crippen MR) is 56.2 cm³/mol. The lowest BCUT2D eigenvalue weighted by Crippen LogP contribution is -2.21. The number of nitrogens with zero attached hydrogens (tertiary/aromatic N) is 4. The van der Waals surface area contributed by atoms with Crippen molar-refractivity contribution in [2.45, 2.75) is 24.9 Å². The van der Waals surface area contributed by atoms with E-state index in [0.29, 0.717) is 18.4 Å². The quantitative estimate of drug-likeness (QED) is 0.454. The standard InChI is InChI=1S/C8H12N4O2S/c1-2-4-8(13,14)15-12-11-7-9-5-3-6-10-7/h3,5-6,13-14H,2,4H2,1H3/b12-11+. The van der Waals surface area contributed by atoms with Crippen LogP contribution in [0.3, 0.4) is 0 Å². The first-order valence-electron chi connectivity index (χ1n) is 4.45. The van der Waals surface area contributed by atoms with Crippen molar-refractivity contribution in [3.05, 3.63) is 18.5 Å². The summed E-state index contributed by atoms with van der Waals surface area (Å²) in [6.45, 7) is 1.85. The van der Waals surface area contributed by atoms with E-state index in [0.717, 1.165) is 0 Å². The summed E-state index contributed by atoms with van der Waals surface area (Å²) in [5, 5.41) is 20.4. The van der Waals surface area contributed by atoms with Crippen LogP contribution in [0.1, 0.15) is 19.8 Å². The molecule has 0 saturated carbocycles. The molecule has 15 heavy (non-hydrogen) atoms. The van der Waals surface area contributed by atoms with Gasteiger partial charge in [-0.2, -0.15) is 0 Å². The van der Waals surface area contributed by atoms with E-state index < -0.39 is 5.12 Å². The Kier molecular flexibility index (Phi) is 4.60. The van der Waals surface area contributed by atoms with E-state index in [-0.39, 0.29) is 12.4 Å². The molecule has 0 aliphatic rings. The van der Waals surface area contributed by atoms with Crippen molar-refractivity contribution >= 4 is 17.9 Å². The molecule has 0 radical (unpaired) electrons. The molecule has 6 nitrogen and oxygen atoms in total. The molecule has 0 saturated heterocycles. The first-order valence-corrected chi connectivity index (χ1v) is 5.22. The smallest absolute Gasteiger partial charge is 0.269 e. The molecule has 0 aliphatic heterocycles. The zero-order valence-corrected chi connectivity index (χ0v) is 9.05. The van der Waals surface area contributed by atoms with Crippen LogP contribution in [0.15, 0.2) is 28.1 Å². The van der Waals surface area contributed by atoms with Gasteiger partial charge in [0.25, 0.3) is 5.95 Å². The second-order valence-corrected chi connectivity index (χ2v) is 3.81. The summed E-state index contributed by atoms with van der Waals surface area (Å²) in [5.74, 6) is 0.192. The lowest BCUT2D eigenvalue weighted by Gasteiger charge is -2.15. The molecule has 0 aliphatic carbocycles. The van der Waals surface area contributed by atoms with Gasteiger partial charge in [0.05, 0.1) is 11.9 Å². The maximum atomic E-state index is 9.32. The van der Waals surface area contributed by atoms with E-state index in [4.69, 9.17) is 0 Å². The largest absolute Gasteiger partial charge is 0.356 e. The summed E-state index contributed by atoms with van der Waals surface area (Å²) < 4.78 is 3.55. The van der Waals surface area contributed by atoms with E-state index in [1.54, 1.807) is 6.07 Å². The molecular formula is C8H12N4O2S. The van der Waals surface area contributed by atoms with Crippen molar-refractivity contribution in [3.63, 3.8) is 0 Å². The first kappa shape index (κ1) is 12.0. The Bertz CT molecular complexity index is 318. The van der Waals surface area contributed by atoms with Crippen molar-refractivity contribution < 1.29 is 10.2 Å². The third-order valence-corrected chi connectivity index (χ3v) is 2.10. The second-order valence-electron chi connectivity index (χ2n) is 2.81. The average molecular weight is 228 g/mol. The van der Waals surface area contributed by atoms with Crippen LogP contribution < -0.4 is 0 Å². The summed E-state index contributed by atoms with van der Waals surface area (Å²) in [7, 11) is 0. The Morgan fingerprint density at radius 2 is 2.07 bits per heavy atom. The molecule has 0 atom stereocenters. The molecule has 0 amide bonds. The van der Waals surface area contributed by atoms with Gasteiger partial charge in [0, 0.05) is 18.8 Å². The Labute approximate surface area is 91.6 Å². The van der Waals surface area contributed by atoms with Gasteiger partial charge in [-0.3, -0.25) is 0 Å². The third-order valence-electron chi connectivity index (χ3n) is 1.45. The van der Waals surface area contributed by atoms with Gasteiger partial charge >= 0.3 is 0 Å². The van der Waals surface area contributed by atoms with Crippen molar-refractivity contribution in [3.8, 4) is 0 Å². The Morgan fingerprint density at radius 1 is 1.40 bits per heavy atom. The molecule has 1 aromatic rings. The van der Waals surface area contributed by atoms with Crippen LogP contribution in [0.2, 0.25) is 0 Å². The number of aliphatic hydroxyl groups is 2. The highest BCUT2D eigenvalue weighted by Crippen LogP contribution is 2.26. The van der Waals surface area contributed by atoms with Gasteiger partial charge in [0.1, 0.15) is 0 Å². The van der Waals surface area contributed by atoms with Gasteiger partial charge in [0.2, 0.25) is 5.12 Å². The van der Waals surface area contributed by atoms with E-state index >= 15 is 0 Å². The van der Waals surface area contributed by atoms with Gasteiger partial charge in [-0.15, -0.1) is 9.63 Å². The van der Waals surface area contributed by atoms with Crippen LogP contribution in [0.25, 0.3) is 0 Å². The molecule has 1 aromatic heterocycles. The molecule has 0 aromatic carbocycles. The van der Waals surface area contributed by atoms with Crippen molar-refractivity contribution in [2.24, 2.45) is 9.63 Å². The van der Waals surface area contributed by atoms with Gasteiger partial charge < -0.3 is 10.2 Å². The molecule has 0 fully saturated rings. The van der Waals surface area contributed by atoms with Crippen LogP contribution in [-0.2, 0) is 0 Å². The van der Waals surface area contributed by atoms with Crippen LogP contribution in [0, 0.1) is 0 Å². The van der Waals surface area contributed by atoms with E-state index in [1.807, 2.05) is 6.92 Å². The van der Waals surface area contributed by atoms with Crippen LogP contribution >= 0.6 is 11.9 Å². The lowest BCUT2D eigenvalue weighted by molar-refractivity contribution is -0.0814. The Balaban J connectivity index is 2.46. The monoisotopic (exact) mass is 228 g/mol. The lowest BCUT2D eigenvalue weighted by atomic mass is 10.3. The minimum atomic E-state index is -1.87. The van der Waals surface area contributed by atoms with E-state index in [9.17, 15) is 10.2 Å². The maximum Gasteiger partial charge on any atom is 0.269 e. The fourth-order valence-electron chi connectivity index (χ4n) is 0.836. The summed E-state index contributed by atoms with van der Waals surface area (Å²) in [4.78, 5) is 7.59. The van der Waals surface area contributed by atoms with Crippen LogP contribution in [0.5, 0.6) is 0 Å². The highest BCUT2D eigenvalue weighted by molar-refractivity contribution is 7.98. The molecule has 7 heteroatoms. The zero-order valence-electron chi connectivity index (χ0n) is 8.24. The molecule has 1 heterocycles. The first-order chi connectivity index (χ1) is 7.14. The number of aromatic nitrogens is 2. The fraction of sp³-hybridized carbons (Fsp3) is 0.500. The van der Waals surface area contributed by atoms with E-state index in [2.05, 4.69) is 19.6 Å². The highest BCUT2D eigenvalue weighted by atomic mass is 32.2. The Hall–Kier alpha value is -1.05. The van der Waals surface area contributed by atoms with Gasteiger partial charge in [-0.1, -0.05) is 13.3 Å². The van der Waals surface area contributed by atoms with Crippen molar-refractivity contribution in [1.29, 1.82) is 0 Å². The van der Waals surface area contributed by atoms with E-state index in [1.165, 1.54) is 12.4 Å². The molecule has 0 unspecified atom stereocenters. The van der Waals surface area contributed by atoms with Gasteiger partial charge in [-0.05, 0) is 6.07 Å². The summed E-state index contributed by atoms with van der Waals surface area (Å²) in [6.07, 6.45) is 3.94. The molecule has 82 valence electrons. The summed E-state index contributed by atoms with van der Waals surface area (Å²) >= 11 is 0.588. The van der Waals surface area contributed by atoms with Gasteiger partial charge in [-0.25, -0.2) is 9.97 Å². The molecule has 0 spiro atoms. The van der Waals surface area contributed by atoms with Crippen molar-refractivity contribution in [2.75, 3.05) is 0 Å². The summed E-state index contributed by atoms with van der Waals surface area (Å²) in [6, 6.07) is 1.66. The minimum Gasteiger partial charge on any atom is -0.356 e. The Morgan fingerprint density at radius 3 is 2.67 bits per heavy atom. The number of rotatable bonds is 5. The number of hydrogen-bond donors (Lipinski definition) is 2. The summed E-state index contributed by atoms with van der Waals surface area (Å²) in [5.41, 5.74) is 0. The normalized spacial score (nSPS) is 12.2. The average Bonchev–Trinajstić information content (AvgIpc) is 2.19. The minimum absolute atomic E-state index is 0.192. The molecule has 2 N–H and O–H groups in total. The molecular weight excluding hydrogens is 216 g/mol. The van der Waals surface area contributed by atoms with Crippen LogP contribution in [-0.4, -0.2) is 25.3 Å². The highest BCUT2D eigenvalue weighted by Gasteiger charge is 2.22. The van der Waals surface area contributed by atoms with Crippen LogP contribution in [0.4, 0.5) is 5.95 Å².